The molecule has 1 aliphatic heterocycles. The molecule has 0 spiro atoms. The number of ether oxygens (including phenoxy) is 1. The predicted octanol–water partition coefficient (Wildman–Crippen LogP) is 2.18. The van der Waals surface area contributed by atoms with E-state index in [1.54, 1.807) is 6.20 Å². The number of carbonyl (C=O) groups is 2. The molecule has 7 nitrogen and oxygen atoms in total. The largest absolute Gasteiger partial charge is 0.473 e. The van der Waals surface area contributed by atoms with Crippen LogP contribution in [0, 0.1) is 0 Å². The number of likely N-dealkylation sites (tertiary alicyclic amines) is 1. The second-order valence-corrected chi connectivity index (χ2v) is 7.80. The minimum Gasteiger partial charge on any atom is -0.473 e. The summed E-state index contributed by atoms with van der Waals surface area (Å²) in [6.07, 6.45) is 12.4. The van der Waals surface area contributed by atoms with Crippen molar-refractivity contribution in [3.05, 3.63) is 36.0 Å². The fourth-order valence-electron chi connectivity index (χ4n) is 3.50. The molecule has 1 aromatic rings. The van der Waals surface area contributed by atoms with Gasteiger partial charge in [-0.2, -0.15) is 0 Å². The van der Waals surface area contributed by atoms with Gasteiger partial charge in [0.15, 0.2) is 0 Å². The molecule has 0 bridgehead atoms. The molecule has 2 amide bonds. The SMILES string of the molecule is O=C(CC(=O)NC1CCC1)NC/C=C\COc1cc(CN2CCCCC2)ccn1. The number of carbonyl (C=O) groups excluding carboxylic acids is 2. The maximum absolute atomic E-state index is 11.7. The van der Waals surface area contributed by atoms with Crippen LogP contribution in [0.2, 0.25) is 0 Å². The molecule has 1 saturated carbocycles. The summed E-state index contributed by atoms with van der Waals surface area (Å²) in [7, 11) is 0. The molecule has 0 atom stereocenters. The van der Waals surface area contributed by atoms with Crippen molar-refractivity contribution in [3.8, 4) is 5.88 Å². The van der Waals surface area contributed by atoms with Crippen LogP contribution < -0.4 is 15.4 Å². The van der Waals surface area contributed by atoms with Gasteiger partial charge in [0.25, 0.3) is 0 Å². The first-order chi connectivity index (χ1) is 14.2. The Bertz CT molecular complexity index is 697. The van der Waals surface area contributed by atoms with Crippen molar-refractivity contribution in [3.63, 3.8) is 0 Å². The average molecular weight is 401 g/mol. The number of amides is 2. The third-order valence-corrected chi connectivity index (χ3v) is 5.36. The first kappa shape index (κ1) is 21.3. The highest BCUT2D eigenvalue weighted by Crippen LogP contribution is 2.18. The third-order valence-electron chi connectivity index (χ3n) is 5.36. The maximum Gasteiger partial charge on any atom is 0.229 e. The molecule has 1 aromatic heterocycles. The van der Waals surface area contributed by atoms with Gasteiger partial charge >= 0.3 is 0 Å². The summed E-state index contributed by atoms with van der Waals surface area (Å²) in [5.74, 6) is 0.148. The zero-order valence-electron chi connectivity index (χ0n) is 17.1. The summed E-state index contributed by atoms with van der Waals surface area (Å²) in [4.78, 5) is 30.2. The molecule has 3 rings (SSSR count). The molecule has 2 aliphatic rings. The second-order valence-electron chi connectivity index (χ2n) is 7.80. The van der Waals surface area contributed by atoms with Crippen LogP contribution in [0.4, 0.5) is 0 Å². The number of hydrogen-bond acceptors (Lipinski definition) is 5. The van der Waals surface area contributed by atoms with Gasteiger partial charge in [-0.1, -0.05) is 12.5 Å². The lowest BCUT2D eigenvalue weighted by atomic mass is 9.93. The normalized spacial score (nSPS) is 17.7. The summed E-state index contributed by atoms with van der Waals surface area (Å²) in [5.41, 5.74) is 1.22. The molecule has 1 saturated heterocycles. The van der Waals surface area contributed by atoms with E-state index in [1.807, 2.05) is 24.3 Å². The molecule has 1 aliphatic carbocycles. The van der Waals surface area contributed by atoms with Gasteiger partial charge in [-0.3, -0.25) is 14.5 Å². The van der Waals surface area contributed by atoms with Crippen molar-refractivity contribution in [2.75, 3.05) is 26.2 Å². The van der Waals surface area contributed by atoms with Crippen molar-refractivity contribution in [2.45, 2.75) is 57.5 Å². The van der Waals surface area contributed by atoms with E-state index in [9.17, 15) is 9.59 Å². The maximum atomic E-state index is 11.7. The van der Waals surface area contributed by atoms with Crippen molar-refractivity contribution in [1.29, 1.82) is 0 Å². The highest BCUT2D eigenvalue weighted by molar-refractivity contribution is 5.97. The number of nitrogens with zero attached hydrogens (tertiary/aromatic N) is 2. The minimum atomic E-state index is -0.264. The lowest BCUT2D eigenvalue weighted by molar-refractivity contribution is -0.129. The van der Waals surface area contributed by atoms with E-state index in [0.29, 0.717) is 19.0 Å². The number of pyridine rings is 1. The van der Waals surface area contributed by atoms with Crippen LogP contribution >= 0.6 is 0 Å². The molecule has 7 heteroatoms. The highest BCUT2D eigenvalue weighted by atomic mass is 16.5. The molecular formula is C22H32N4O3. The molecule has 2 N–H and O–H groups in total. The molecule has 29 heavy (non-hydrogen) atoms. The first-order valence-electron chi connectivity index (χ1n) is 10.7. The zero-order chi connectivity index (χ0) is 20.3. The van der Waals surface area contributed by atoms with Gasteiger partial charge in [0.05, 0.1) is 0 Å². The van der Waals surface area contributed by atoms with Gasteiger partial charge in [-0.05, 0) is 62.9 Å². The standard InChI is InChI=1S/C22H32N4O3/c27-20(16-21(28)25-19-7-6-8-19)23-10-2-5-14-29-22-15-18(9-11-24-22)17-26-12-3-1-4-13-26/h2,5,9,11,15,19H,1,3-4,6-8,10,12-14,16-17H2,(H,23,27)(H,25,28)/b5-2-. The van der Waals surface area contributed by atoms with E-state index >= 15 is 0 Å². The van der Waals surface area contributed by atoms with Crippen LogP contribution in [0.5, 0.6) is 5.88 Å². The van der Waals surface area contributed by atoms with E-state index < -0.39 is 0 Å². The van der Waals surface area contributed by atoms with Gasteiger partial charge in [-0.25, -0.2) is 4.98 Å². The Morgan fingerprint density at radius 2 is 1.97 bits per heavy atom. The van der Waals surface area contributed by atoms with E-state index in [-0.39, 0.29) is 24.3 Å². The fraction of sp³-hybridized carbons (Fsp3) is 0.591. The summed E-state index contributed by atoms with van der Waals surface area (Å²) in [5, 5.41) is 5.57. The summed E-state index contributed by atoms with van der Waals surface area (Å²) in [6, 6.07) is 4.29. The molecule has 158 valence electrons. The number of piperidine rings is 1. The quantitative estimate of drug-likeness (QED) is 0.465. The molecule has 0 aromatic carbocycles. The van der Waals surface area contributed by atoms with Gasteiger partial charge in [0, 0.05) is 31.4 Å². The van der Waals surface area contributed by atoms with Crippen molar-refractivity contribution >= 4 is 11.8 Å². The molecule has 0 radical (unpaired) electrons. The molecule has 0 unspecified atom stereocenters. The number of rotatable bonds is 10. The van der Waals surface area contributed by atoms with Crippen LogP contribution in [-0.2, 0) is 16.1 Å². The van der Waals surface area contributed by atoms with Gasteiger partial charge < -0.3 is 15.4 Å². The first-order valence-corrected chi connectivity index (χ1v) is 10.7. The lowest BCUT2D eigenvalue weighted by Gasteiger charge is -2.26. The van der Waals surface area contributed by atoms with Crippen LogP contribution in [0.25, 0.3) is 0 Å². The minimum absolute atomic E-state index is 0.116. The third kappa shape index (κ3) is 7.85. The topological polar surface area (TPSA) is 83.6 Å². The number of nitrogens with one attached hydrogen (secondary N) is 2. The Kier molecular flexibility index (Phi) is 8.49. The highest BCUT2D eigenvalue weighted by Gasteiger charge is 2.20. The Labute approximate surface area is 172 Å². The Morgan fingerprint density at radius 1 is 1.14 bits per heavy atom. The van der Waals surface area contributed by atoms with E-state index in [1.165, 1.54) is 24.8 Å². The monoisotopic (exact) mass is 400 g/mol. The Morgan fingerprint density at radius 3 is 2.72 bits per heavy atom. The fourth-order valence-corrected chi connectivity index (χ4v) is 3.50. The second kappa shape index (κ2) is 11.6. The lowest BCUT2D eigenvalue weighted by Crippen LogP contribution is -2.41. The van der Waals surface area contributed by atoms with Gasteiger partial charge in [0.1, 0.15) is 13.0 Å². The van der Waals surface area contributed by atoms with Crippen LogP contribution in [0.15, 0.2) is 30.5 Å². The Balaban J connectivity index is 1.29. The van der Waals surface area contributed by atoms with E-state index in [0.717, 1.165) is 38.9 Å². The van der Waals surface area contributed by atoms with Crippen molar-refractivity contribution < 1.29 is 14.3 Å². The number of hydrogen-bond donors (Lipinski definition) is 2. The molecular weight excluding hydrogens is 368 g/mol. The van der Waals surface area contributed by atoms with Gasteiger partial charge in [-0.15, -0.1) is 0 Å². The summed E-state index contributed by atoms with van der Waals surface area (Å²) in [6.45, 7) is 4.03. The molecule has 2 heterocycles. The zero-order valence-corrected chi connectivity index (χ0v) is 17.1. The van der Waals surface area contributed by atoms with Gasteiger partial charge in [0.2, 0.25) is 17.7 Å². The average Bonchev–Trinajstić information content (AvgIpc) is 2.68. The van der Waals surface area contributed by atoms with Crippen molar-refractivity contribution in [1.82, 2.24) is 20.5 Å². The van der Waals surface area contributed by atoms with Crippen molar-refractivity contribution in [2.24, 2.45) is 0 Å². The van der Waals surface area contributed by atoms with Crippen LogP contribution in [0.1, 0.15) is 50.5 Å². The smallest absolute Gasteiger partial charge is 0.229 e. The van der Waals surface area contributed by atoms with E-state index in [2.05, 4.69) is 20.5 Å². The number of aromatic nitrogens is 1. The van der Waals surface area contributed by atoms with Crippen LogP contribution in [-0.4, -0.2) is 54.0 Å². The molecule has 2 fully saturated rings. The summed E-state index contributed by atoms with van der Waals surface area (Å²) >= 11 is 0. The Hall–Kier alpha value is -2.41. The summed E-state index contributed by atoms with van der Waals surface area (Å²) < 4.78 is 5.68. The van der Waals surface area contributed by atoms with Crippen LogP contribution in [0.3, 0.4) is 0 Å². The van der Waals surface area contributed by atoms with E-state index in [4.69, 9.17) is 4.74 Å². The predicted molar refractivity (Wildman–Crippen MR) is 111 cm³/mol.